The second-order valence-corrected chi connectivity index (χ2v) is 10.1. The third-order valence-corrected chi connectivity index (χ3v) is 7.85. The Kier molecular flexibility index (Phi) is 6.91. The maximum absolute atomic E-state index is 13.7. The van der Waals surface area contributed by atoms with Gasteiger partial charge in [0, 0.05) is 55.3 Å². The SMILES string of the molecule is O=C(CCn1ccc2cc(S(=O)(=O)N3CCCCCC3)ccc21)NCc1ccccc1F. The summed E-state index contributed by atoms with van der Waals surface area (Å²) in [5.41, 5.74) is 1.33. The van der Waals surface area contributed by atoms with E-state index in [1.807, 2.05) is 16.8 Å². The molecule has 1 aliphatic heterocycles. The molecular weight excluding hydrogens is 429 g/mol. The first-order valence-corrected chi connectivity index (χ1v) is 12.5. The van der Waals surface area contributed by atoms with E-state index in [2.05, 4.69) is 5.32 Å². The fraction of sp³-hybridized carbons (Fsp3) is 0.375. The zero-order chi connectivity index (χ0) is 22.6. The Morgan fingerprint density at radius 3 is 2.50 bits per heavy atom. The second kappa shape index (κ2) is 9.83. The number of benzene rings is 2. The lowest BCUT2D eigenvalue weighted by molar-refractivity contribution is -0.121. The molecule has 1 N–H and O–H groups in total. The van der Waals surface area contributed by atoms with E-state index in [1.54, 1.807) is 40.7 Å². The Bertz CT molecular complexity index is 1200. The molecule has 0 aliphatic carbocycles. The normalized spacial score (nSPS) is 15.5. The quantitative estimate of drug-likeness (QED) is 0.582. The monoisotopic (exact) mass is 457 g/mol. The number of hydrogen-bond donors (Lipinski definition) is 1. The fourth-order valence-electron chi connectivity index (χ4n) is 4.11. The highest BCUT2D eigenvalue weighted by atomic mass is 32.2. The van der Waals surface area contributed by atoms with Crippen molar-refractivity contribution in [3.05, 3.63) is 66.1 Å². The van der Waals surface area contributed by atoms with Gasteiger partial charge in [0.15, 0.2) is 0 Å². The van der Waals surface area contributed by atoms with Crippen molar-refractivity contribution in [1.82, 2.24) is 14.2 Å². The van der Waals surface area contributed by atoms with Crippen LogP contribution in [-0.4, -0.2) is 36.3 Å². The van der Waals surface area contributed by atoms with Gasteiger partial charge in [0.05, 0.1) is 4.90 Å². The first kappa shape index (κ1) is 22.5. The average Bonchev–Trinajstić information content (AvgIpc) is 2.99. The highest BCUT2D eigenvalue weighted by molar-refractivity contribution is 7.89. The molecule has 3 aromatic rings. The van der Waals surface area contributed by atoms with E-state index >= 15 is 0 Å². The third-order valence-electron chi connectivity index (χ3n) is 5.96. The molecule has 1 fully saturated rings. The lowest BCUT2D eigenvalue weighted by Crippen LogP contribution is -2.31. The van der Waals surface area contributed by atoms with Gasteiger partial charge < -0.3 is 9.88 Å². The molecule has 0 unspecified atom stereocenters. The summed E-state index contributed by atoms with van der Waals surface area (Å²) in [5.74, 6) is -0.509. The smallest absolute Gasteiger partial charge is 0.243 e. The van der Waals surface area contributed by atoms with E-state index in [4.69, 9.17) is 0 Å². The van der Waals surface area contributed by atoms with Gasteiger partial charge in [-0.2, -0.15) is 4.31 Å². The van der Waals surface area contributed by atoms with Crippen LogP contribution in [-0.2, 0) is 27.9 Å². The van der Waals surface area contributed by atoms with Crippen molar-refractivity contribution in [3.8, 4) is 0 Å². The van der Waals surface area contributed by atoms with Gasteiger partial charge in [-0.05, 0) is 43.2 Å². The number of nitrogens with zero attached hydrogens (tertiary/aromatic N) is 2. The summed E-state index contributed by atoms with van der Waals surface area (Å²) in [6.45, 7) is 1.74. The van der Waals surface area contributed by atoms with Crippen LogP contribution in [0.5, 0.6) is 0 Å². The van der Waals surface area contributed by atoms with Crippen molar-refractivity contribution in [2.45, 2.75) is 50.1 Å². The van der Waals surface area contributed by atoms with Crippen LogP contribution in [0.15, 0.2) is 59.6 Å². The highest BCUT2D eigenvalue weighted by Gasteiger charge is 2.25. The van der Waals surface area contributed by atoms with E-state index < -0.39 is 10.0 Å². The summed E-state index contributed by atoms with van der Waals surface area (Å²) in [6.07, 6.45) is 6.04. The zero-order valence-electron chi connectivity index (χ0n) is 18.0. The molecule has 8 heteroatoms. The molecule has 0 atom stereocenters. The lowest BCUT2D eigenvalue weighted by Gasteiger charge is -2.20. The summed E-state index contributed by atoms with van der Waals surface area (Å²) < 4.78 is 43.3. The Hall–Kier alpha value is -2.71. The molecule has 4 rings (SSSR count). The van der Waals surface area contributed by atoms with Crippen LogP contribution in [0.3, 0.4) is 0 Å². The first-order chi connectivity index (χ1) is 15.4. The van der Waals surface area contributed by atoms with Gasteiger partial charge in [-0.1, -0.05) is 31.0 Å². The molecule has 1 amide bonds. The largest absolute Gasteiger partial charge is 0.352 e. The average molecular weight is 458 g/mol. The Balaban J connectivity index is 1.40. The van der Waals surface area contributed by atoms with Crippen LogP contribution in [0.1, 0.15) is 37.7 Å². The first-order valence-electron chi connectivity index (χ1n) is 11.0. The van der Waals surface area contributed by atoms with Crippen LogP contribution >= 0.6 is 0 Å². The minimum atomic E-state index is -3.50. The van der Waals surface area contributed by atoms with Crippen molar-refractivity contribution in [1.29, 1.82) is 0 Å². The maximum atomic E-state index is 13.7. The van der Waals surface area contributed by atoms with Crippen molar-refractivity contribution >= 4 is 26.8 Å². The molecule has 0 saturated carbocycles. The predicted octanol–water partition coefficient (Wildman–Crippen LogP) is 4.05. The van der Waals surface area contributed by atoms with E-state index in [0.29, 0.717) is 30.1 Å². The highest BCUT2D eigenvalue weighted by Crippen LogP contribution is 2.25. The number of aryl methyl sites for hydroxylation is 1. The van der Waals surface area contributed by atoms with Crippen LogP contribution in [0.4, 0.5) is 4.39 Å². The van der Waals surface area contributed by atoms with Gasteiger partial charge >= 0.3 is 0 Å². The van der Waals surface area contributed by atoms with Gasteiger partial charge in [0.25, 0.3) is 0 Å². The number of rotatable bonds is 7. The zero-order valence-corrected chi connectivity index (χ0v) is 18.8. The van der Waals surface area contributed by atoms with E-state index in [9.17, 15) is 17.6 Å². The van der Waals surface area contributed by atoms with Crippen molar-refractivity contribution < 1.29 is 17.6 Å². The molecule has 0 radical (unpaired) electrons. The third kappa shape index (κ3) is 5.02. The molecule has 1 aromatic heterocycles. The van der Waals surface area contributed by atoms with Crippen LogP contribution < -0.4 is 5.32 Å². The van der Waals surface area contributed by atoms with Crippen molar-refractivity contribution in [3.63, 3.8) is 0 Å². The Labute approximate surface area is 188 Å². The molecule has 0 bridgehead atoms. The number of carbonyl (C=O) groups is 1. The number of hydrogen-bond acceptors (Lipinski definition) is 3. The van der Waals surface area contributed by atoms with E-state index in [1.165, 1.54) is 6.07 Å². The number of amides is 1. The summed E-state index contributed by atoms with van der Waals surface area (Å²) >= 11 is 0. The number of fused-ring (bicyclic) bond motifs is 1. The van der Waals surface area contributed by atoms with Crippen molar-refractivity contribution in [2.24, 2.45) is 0 Å². The second-order valence-electron chi connectivity index (χ2n) is 8.17. The number of nitrogens with one attached hydrogen (secondary N) is 1. The van der Waals surface area contributed by atoms with Gasteiger partial charge in [-0.15, -0.1) is 0 Å². The summed E-state index contributed by atoms with van der Waals surface area (Å²) in [7, 11) is -3.50. The Morgan fingerprint density at radius 2 is 1.75 bits per heavy atom. The van der Waals surface area contributed by atoms with Crippen LogP contribution in [0.2, 0.25) is 0 Å². The molecule has 0 spiro atoms. The van der Waals surface area contributed by atoms with Gasteiger partial charge in [-0.25, -0.2) is 12.8 Å². The molecular formula is C24H28FN3O3S. The lowest BCUT2D eigenvalue weighted by atomic mass is 10.2. The fourth-order valence-corrected chi connectivity index (χ4v) is 5.66. The minimum absolute atomic E-state index is 0.148. The number of halogens is 1. The van der Waals surface area contributed by atoms with Crippen molar-refractivity contribution in [2.75, 3.05) is 13.1 Å². The summed E-state index contributed by atoms with van der Waals surface area (Å²) in [6, 6.07) is 13.4. The Morgan fingerprint density at radius 1 is 1.00 bits per heavy atom. The summed E-state index contributed by atoms with van der Waals surface area (Å²) in [5, 5.41) is 3.57. The summed E-state index contributed by atoms with van der Waals surface area (Å²) in [4.78, 5) is 12.5. The van der Waals surface area contributed by atoms with Crippen LogP contribution in [0.25, 0.3) is 10.9 Å². The molecule has 6 nitrogen and oxygen atoms in total. The molecule has 2 heterocycles. The standard InChI is InChI=1S/C24H28FN3O3S/c25-22-8-4-3-7-20(22)18-26-24(29)12-16-27-15-11-19-17-21(9-10-23(19)27)32(30,31)28-13-5-1-2-6-14-28/h3-4,7-11,15,17H,1-2,5-6,12-14,16,18H2,(H,26,29). The maximum Gasteiger partial charge on any atom is 0.243 e. The number of carbonyl (C=O) groups excluding carboxylic acids is 1. The van der Waals surface area contributed by atoms with Gasteiger partial charge in [-0.3, -0.25) is 4.79 Å². The number of sulfonamides is 1. The van der Waals surface area contributed by atoms with Gasteiger partial charge in [0.1, 0.15) is 5.82 Å². The predicted molar refractivity (Wildman–Crippen MR) is 122 cm³/mol. The molecule has 32 heavy (non-hydrogen) atoms. The molecule has 170 valence electrons. The van der Waals surface area contributed by atoms with E-state index in [0.717, 1.165) is 36.6 Å². The molecule has 1 aliphatic rings. The van der Waals surface area contributed by atoms with Gasteiger partial charge in [0.2, 0.25) is 15.9 Å². The molecule has 2 aromatic carbocycles. The minimum Gasteiger partial charge on any atom is -0.352 e. The topological polar surface area (TPSA) is 71.4 Å². The van der Waals surface area contributed by atoms with Crippen LogP contribution in [0, 0.1) is 5.82 Å². The number of aromatic nitrogens is 1. The molecule has 1 saturated heterocycles. The van der Waals surface area contributed by atoms with E-state index in [-0.39, 0.29) is 24.7 Å².